The van der Waals surface area contributed by atoms with Crippen LogP contribution in [0.1, 0.15) is 25.7 Å². The molecule has 0 radical (unpaired) electrons. The molecule has 1 amide bonds. The van der Waals surface area contributed by atoms with E-state index in [1.165, 1.54) is 0 Å². The first kappa shape index (κ1) is 18.9. The Hall–Kier alpha value is -2.48. The fraction of sp³-hybridized carbons (Fsp3) is 0.600. The maximum Gasteiger partial charge on any atom is 0.266 e. The van der Waals surface area contributed by atoms with E-state index in [1.54, 1.807) is 27.7 Å². The molecule has 2 aromatic rings. The zero-order valence-electron chi connectivity index (χ0n) is 16.4. The quantitative estimate of drug-likeness (QED) is 0.769. The number of carbonyl (C=O) groups excluding carboxylic acids is 1. The van der Waals surface area contributed by atoms with Gasteiger partial charge in [-0.2, -0.15) is 5.10 Å². The molecule has 8 nitrogen and oxygen atoms in total. The normalized spacial score (nSPS) is 22.0. The van der Waals surface area contributed by atoms with Gasteiger partial charge in [-0.3, -0.25) is 9.59 Å². The standard InChI is InChI=1S/C20H28N6O2/c1-23-13-17(3-5-19(23)27)14-24-11-7-16(8-12-24)15-26-20(28)6-4-18(22-26)25-10-2-9-21-25/h2,4,6,9-10,16-17H,3,5,7-8,11-15H2,1H3. The van der Waals surface area contributed by atoms with Crippen molar-refractivity contribution in [2.75, 3.05) is 33.2 Å². The van der Waals surface area contributed by atoms with E-state index < -0.39 is 0 Å². The van der Waals surface area contributed by atoms with Crippen LogP contribution >= 0.6 is 0 Å². The first-order valence-electron chi connectivity index (χ1n) is 10.1. The number of aromatic nitrogens is 4. The molecule has 150 valence electrons. The number of amides is 1. The molecule has 2 aliphatic heterocycles. The van der Waals surface area contributed by atoms with Crippen LogP contribution in [0.3, 0.4) is 0 Å². The molecular weight excluding hydrogens is 356 g/mol. The van der Waals surface area contributed by atoms with Gasteiger partial charge in [0.1, 0.15) is 0 Å². The summed E-state index contributed by atoms with van der Waals surface area (Å²) in [5.41, 5.74) is -0.0618. The molecule has 8 heteroatoms. The van der Waals surface area contributed by atoms with Gasteiger partial charge < -0.3 is 9.80 Å². The van der Waals surface area contributed by atoms with Crippen LogP contribution in [-0.2, 0) is 11.3 Å². The molecule has 4 rings (SSSR count). The van der Waals surface area contributed by atoms with Gasteiger partial charge in [-0.25, -0.2) is 9.36 Å². The van der Waals surface area contributed by atoms with Crippen LogP contribution in [-0.4, -0.2) is 68.5 Å². The summed E-state index contributed by atoms with van der Waals surface area (Å²) >= 11 is 0. The topological polar surface area (TPSA) is 76.3 Å². The van der Waals surface area contributed by atoms with E-state index >= 15 is 0 Å². The van der Waals surface area contributed by atoms with Gasteiger partial charge in [0.05, 0.1) is 0 Å². The van der Waals surface area contributed by atoms with Gasteiger partial charge in [0, 0.05) is 51.6 Å². The second kappa shape index (κ2) is 8.26. The average molecular weight is 384 g/mol. The van der Waals surface area contributed by atoms with Crippen LogP contribution in [0.5, 0.6) is 0 Å². The molecule has 4 heterocycles. The molecular formula is C20H28N6O2. The molecule has 2 fully saturated rings. The smallest absolute Gasteiger partial charge is 0.266 e. The summed E-state index contributed by atoms with van der Waals surface area (Å²) in [6.07, 6.45) is 7.35. The molecule has 1 unspecified atom stereocenters. The monoisotopic (exact) mass is 384 g/mol. The van der Waals surface area contributed by atoms with Gasteiger partial charge in [-0.15, -0.1) is 5.10 Å². The van der Waals surface area contributed by atoms with Crippen molar-refractivity contribution in [3.05, 3.63) is 40.9 Å². The van der Waals surface area contributed by atoms with E-state index in [9.17, 15) is 9.59 Å². The highest BCUT2D eigenvalue weighted by molar-refractivity contribution is 5.76. The van der Waals surface area contributed by atoms with E-state index in [2.05, 4.69) is 15.1 Å². The van der Waals surface area contributed by atoms with Crippen molar-refractivity contribution in [2.24, 2.45) is 11.8 Å². The van der Waals surface area contributed by atoms with Gasteiger partial charge >= 0.3 is 0 Å². The number of piperidine rings is 2. The predicted molar refractivity (Wildman–Crippen MR) is 105 cm³/mol. The fourth-order valence-electron chi connectivity index (χ4n) is 4.30. The molecule has 2 aromatic heterocycles. The Morgan fingerprint density at radius 3 is 2.61 bits per heavy atom. The van der Waals surface area contributed by atoms with Gasteiger partial charge in [-0.05, 0) is 56.3 Å². The zero-order chi connectivity index (χ0) is 19.5. The van der Waals surface area contributed by atoms with Gasteiger partial charge in [0.25, 0.3) is 5.56 Å². The van der Waals surface area contributed by atoms with Crippen molar-refractivity contribution in [1.29, 1.82) is 0 Å². The number of hydrogen-bond acceptors (Lipinski definition) is 5. The Balaban J connectivity index is 1.31. The molecule has 0 aromatic carbocycles. The maximum atomic E-state index is 12.2. The Kier molecular flexibility index (Phi) is 5.57. The third-order valence-electron chi connectivity index (χ3n) is 5.97. The van der Waals surface area contributed by atoms with Crippen LogP contribution in [0.4, 0.5) is 0 Å². The SMILES string of the molecule is CN1CC(CN2CCC(Cn3nc(-n4cccn4)ccc3=O)CC2)CCC1=O. The van der Waals surface area contributed by atoms with Crippen molar-refractivity contribution in [1.82, 2.24) is 29.4 Å². The van der Waals surface area contributed by atoms with Crippen molar-refractivity contribution >= 4 is 5.91 Å². The van der Waals surface area contributed by atoms with Gasteiger partial charge in [-0.1, -0.05) is 0 Å². The summed E-state index contributed by atoms with van der Waals surface area (Å²) in [7, 11) is 1.91. The number of hydrogen-bond donors (Lipinski definition) is 0. The van der Waals surface area contributed by atoms with Crippen molar-refractivity contribution in [2.45, 2.75) is 32.2 Å². The summed E-state index contributed by atoms with van der Waals surface area (Å²) in [5, 5.41) is 8.68. The number of likely N-dealkylation sites (tertiary alicyclic amines) is 2. The number of rotatable bonds is 5. The Labute approximate surface area is 164 Å². The summed E-state index contributed by atoms with van der Waals surface area (Å²) in [6.45, 7) is 4.69. The lowest BCUT2D eigenvalue weighted by molar-refractivity contribution is -0.133. The average Bonchev–Trinajstić information content (AvgIpc) is 3.23. The van der Waals surface area contributed by atoms with Crippen LogP contribution < -0.4 is 5.56 Å². The minimum absolute atomic E-state index is 0.0618. The van der Waals surface area contributed by atoms with Gasteiger partial charge in [0.2, 0.25) is 5.91 Å². The van der Waals surface area contributed by atoms with E-state index in [4.69, 9.17) is 0 Å². The molecule has 28 heavy (non-hydrogen) atoms. The largest absolute Gasteiger partial charge is 0.345 e. The number of nitrogens with zero attached hydrogens (tertiary/aromatic N) is 6. The molecule has 0 aliphatic carbocycles. The second-order valence-corrected chi connectivity index (χ2v) is 8.09. The van der Waals surface area contributed by atoms with Crippen molar-refractivity contribution in [3.63, 3.8) is 0 Å². The molecule has 2 aliphatic rings. The second-order valence-electron chi connectivity index (χ2n) is 8.09. The fourth-order valence-corrected chi connectivity index (χ4v) is 4.30. The highest BCUT2D eigenvalue weighted by Gasteiger charge is 2.27. The summed E-state index contributed by atoms with van der Waals surface area (Å²) in [6, 6.07) is 5.12. The lowest BCUT2D eigenvalue weighted by Gasteiger charge is -2.37. The van der Waals surface area contributed by atoms with E-state index in [1.807, 2.05) is 24.2 Å². The zero-order valence-corrected chi connectivity index (χ0v) is 16.4. The van der Waals surface area contributed by atoms with Crippen molar-refractivity contribution < 1.29 is 4.79 Å². The Morgan fingerprint density at radius 1 is 1.07 bits per heavy atom. The van der Waals surface area contributed by atoms with Crippen LogP contribution in [0.2, 0.25) is 0 Å². The Bertz CT molecular complexity index is 854. The van der Waals surface area contributed by atoms with Gasteiger partial charge in [0.15, 0.2) is 5.82 Å². The minimum atomic E-state index is -0.0618. The first-order valence-corrected chi connectivity index (χ1v) is 10.1. The van der Waals surface area contributed by atoms with Crippen LogP contribution in [0, 0.1) is 11.8 Å². The lowest BCUT2D eigenvalue weighted by Crippen LogP contribution is -2.44. The molecule has 0 saturated carbocycles. The minimum Gasteiger partial charge on any atom is -0.345 e. The van der Waals surface area contributed by atoms with Crippen LogP contribution in [0.25, 0.3) is 5.82 Å². The summed E-state index contributed by atoms with van der Waals surface area (Å²) in [5.74, 6) is 1.97. The molecule has 2 saturated heterocycles. The van der Waals surface area contributed by atoms with E-state index in [0.29, 0.717) is 30.6 Å². The van der Waals surface area contributed by atoms with E-state index in [-0.39, 0.29) is 11.5 Å². The first-order chi connectivity index (χ1) is 13.6. The molecule has 0 N–H and O–H groups in total. The van der Waals surface area contributed by atoms with Crippen molar-refractivity contribution in [3.8, 4) is 5.82 Å². The third kappa shape index (κ3) is 4.32. The predicted octanol–water partition coefficient (Wildman–Crippen LogP) is 1.01. The molecule has 1 atom stereocenters. The van der Waals surface area contributed by atoms with Crippen LogP contribution in [0.15, 0.2) is 35.4 Å². The number of carbonyl (C=O) groups is 1. The summed E-state index contributed by atoms with van der Waals surface area (Å²) < 4.78 is 3.25. The maximum absolute atomic E-state index is 12.2. The highest BCUT2D eigenvalue weighted by Crippen LogP contribution is 2.22. The molecule has 0 spiro atoms. The molecule has 0 bridgehead atoms. The lowest BCUT2D eigenvalue weighted by atomic mass is 9.93. The highest BCUT2D eigenvalue weighted by atomic mass is 16.2. The summed E-state index contributed by atoms with van der Waals surface area (Å²) in [4.78, 5) is 28.3. The third-order valence-corrected chi connectivity index (χ3v) is 5.97. The van der Waals surface area contributed by atoms with E-state index in [0.717, 1.165) is 45.4 Å². The Morgan fingerprint density at radius 2 is 1.89 bits per heavy atom.